The zero-order valence-electron chi connectivity index (χ0n) is 20.5. The van der Waals surface area contributed by atoms with Gasteiger partial charge in [0, 0.05) is 24.8 Å². The quantitative estimate of drug-likeness (QED) is 0.483. The molecule has 2 fully saturated rings. The number of urea groups is 1. The van der Waals surface area contributed by atoms with E-state index in [1.165, 1.54) is 16.0 Å². The van der Waals surface area contributed by atoms with Crippen molar-refractivity contribution in [3.63, 3.8) is 0 Å². The number of carbonyl (C=O) groups is 2. The summed E-state index contributed by atoms with van der Waals surface area (Å²) in [5, 5.41) is 7.71. The van der Waals surface area contributed by atoms with Crippen LogP contribution in [0, 0.1) is 24.7 Å². The van der Waals surface area contributed by atoms with E-state index in [9.17, 15) is 9.59 Å². The molecule has 1 aromatic heterocycles. The molecular weight excluding hydrogens is 426 g/mol. The average molecular weight is 462 g/mol. The van der Waals surface area contributed by atoms with Crippen molar-refractivity contribution in [1.29, 1.82) is 0 Å². The molecular formula is C27H35N5O2. The van der Waals surface area contributed by atoms with Gasteiger partial charge < -0.3 is 5.32 Å². The molecule has 180 valence electrons. The Morgan fingerprint density at radius 2 is 1.91 bits per heavy atom. The molecule has 1 atom stereocenters. The van der Waals surface area contributed by atoms with Gasteiger partial charge in [-0.1, -0.05) is 36.3 Å². The summed E-state index contributed by atoms with van der Waals surface area (Å²) in [6.07, 6.45) is 5.22. The third-order valence-corrected chi connectivity index (χ3v) is 7.32. The lowest BCUT2D eigenvalue weighted by atomic mass is 9.74. The normalized spacial score (nSPS) is 21.4. The summed E-state index contributed by atoms with van der Waals surface area (Å²) in [4.78, 5) is 30.2. The van der Waals surface area contributed by atoms with E-state index in [2.05, 4.69) is 59.3 Å². The van der Waals surface area contributed by atoms with Gasteiger partial charge in [0.15, 0.2) is 0 Å². The van der Waals surface area contributed by atoms with Crippen molar-refractivity contribution in [3.05, 3.63) is 53.3 Å². The summed E-state index contributed by atoms with van der Waals surface area (Å²) in [7, 11) is 0. The fraction of sp³-hybridized carbons (Fsp3) is 0.519. The molecule has 1 aromatic carbocycles. The van der Waals surface area contributed by atoms with Gasteiger partial charge in [0.05, 0.1) is 12.2 Å². The Morgan fingerprint density at radius 1 is 1.18 bits per heavy atom. The van der Waals surface area contributed by atoms with Crippen LogP contribution in [0.1, 0.15) is 49.9 Å². The maximum absolute atomic E-state index is 13.7. The molecule has 3 heterocycles. The second-order valence-corrected chi connectivity index (χ2v) is 9.35. The van der Waals surface area contributed by atoms with Crippen molar-refractivity contribution < 1.29 is 9.59 Å². The minimum atomic E-state index is -0.864. The number of aromatic nitrogens is 2. The van der Waals surface area contributed by atoms with Gasteiger partial charge in [0.25, 0.3) is 5.91 Å². The minimum Gasteiger partial charge on any atom is -0.323 e. The third-order valence-electron chi connectivity index (χ3n) is 7.32. The van der Waals surface area contributed by atoms with E-state index in [0.717, 1.165) is 51.1 Å². The van der Waals surface area contributed by atoms with Gasteiger partial charge in [-0.05, 0) is 71.0 Å². The molecule has 0 unspecified atom stereocenters. The Morgan fingerprint density at radius 3 is 2.56 bits per heavy atom. The molecule has 2 saturated heterocycles. The van der Waals surface area contributed by atoms with Crippen LogP contribution < -0.4 is 5.32 Å². The summed E-state index contributed by atoms with van der Waals surface area (Å²) in [6, 6.07) is 9.87. The number of hydrogen-bond donors (Lipinski definition) is 1. The maximum Gasteiger partial charge on any atom is 0.325 e. The zero-order chi connectivity index (χ0) is 24.1. The predicted molar refractivity (Wildman–Crippen MR) is 132 cm³/mol. The van der Waals surface area contributed by atoms with E-state index in [1.807, 2.05) is 22.9 Å². The number of hydrogen-bond acceptors (Lipinski definition) is 4. The van der Waals surface area contributed by atoms with Crippen molar-refractivity contribution in [2.24, 2.45) is 5.92 Å². The SMILES string of the molecule is CC#CCN1C(=O)N[C@](CCc2ccccc2)(C2CCN(Cc3cn(CC)nc3C)CC2)C1=O. The fourth-order valence-electron chi connectivity index (χ4n) is 5.28. The van der Waals surface area contributed by atoms with Crippen LogP contribution in [0.25, 0.3) is 0 Å². The first kappa shape index (κ1) is 24.0. The first-order valence-electron chi connectivity index (χ1n) is 12.3. The number of nitrogens with zero attached hydrogens (tertiary/aromatic N) is 4. The molecule has 0 saturated carbocycles. The topological polar surface area (TPSA) is 70.5 Å². The second-order valence-electron chi connectivity index (χ2n) is 9.35. The molecule has 2 aliphatic heterocycles. The maximum atomic E-state index is 13.7. The van der Waals surface area contributed by atoms with Crippen LogP contribution in [-0.2, 0) is 24.3 Å². The van der Waals surface area contributed by atoms with Crippen LogP contribution in [0.15, 0.2) is 36.5 Å². The van der Waals surface area contributed by atoms with Gasteiger partial charge in [-0.15, -0.1) is 5.92 Å². The Hall–Kier alpha value is -3.11. The van der Waals surface area contributed by atoms with E-state index < -0.39 is 5.54 Å². The minimum absolute atomic E-state index is 0.1000. The van der Waals surface area contributed by atoms with Gasteiger partial charge in [-0.25, -0.2) is 4.79 Å². The highest BCUT2D eigenvalue weighted by molar-refractivity contribution is 6.07. The number of likely N-dealkylation sites (tertiary alicyclic amines) is 1. The molecule has 2 aliphatic rings. The van der Waals surface area contributed by atoms with Crippen molar-refractivity contribution >= 4 is 11.9 Å². The Labute approximate surface area is 202 Å². The van der Waals surface area contributed by atoms with Crippen molar-refractivity contribution in [2.45, 2.75) is 65.1 Å². The Balaban J connectivity index is 1.49. The van der Waals surface area contributed by atoms with Crippen LogP contribution in [-0.4, -0.2) is 56.7 Å². The average Bonchev–Trinajstić information content (AvgIpc) is 3.33. The van der Waals surface area contributed by atoms with Gasteiger partial charge in [-0.3, -0.25) is 19.3 Å². The van der Waals surface area contributed by atoms with Crippen LogP contribution in [0.3, 0.4) is 0 Å². The summed E-state index contributed by atoms with van der Waals surface area (Å²) >= 11 is 0. The van der Waals surface area contributed by atoms with Crippen molar-refractivity contribution in [2.75, 3.05) is 19.6 Å². The first-order valence-corrected chi connectivity index (χ1v) is 12.3. The number of imide groups is 1. The largest absolute Gasteiger partial charge is 0.325 e. The molecule has 34 heavy (non-hydrogen) atoms. The Bertz CT molecular complexity index is 1080. The molecule has 7 heteroatoms. The Kier molecular flexibility index (Phi) is 7.38. The number of nitrogens with one attached hydrogen (secondary N) is 1. The molecule has 2 aromatic rings. The standard InChI is InChI=1S/C27H35N5O2/c1-4-6-16-32-25(33)27(28-26(32)34,15-12-22-10-8-7-9-11-22)24-13-17-30(18-14-24)19-23-20-31(5-2)29-21(23)3/h7-11,20,24H,5,12-19H2,1-3H3,(H,28,34)/t27-/m1/s1. The number of aryl methyl sites for hydroxylation is 3. The summed E-state index contributed by atoms with van der Waals surface area (Å²) in [5.41, 5.74) is 2.65. The van der Waals surface area contributed by atoms with E-state index in [1.54, 1.807) is 6.92 Å². The second kappa shape index (κ2) is 10.4. The van der Waals surface area contributed by atoms with Crippen molar-refractivity contribution in [1.82, 2.24) is 24.9 Å². The van der Waals surface area contributed by atoms with Gasteiger partial charge in [0.2, 0.25) is 0 Å². The highest BCUT2D eigenvalue weighted by Gasteiger charge is 2.55. The first-order chi connectivity index (χ1) is 16.5. The fourth-order valence-corrected chi connectivity index (χ4v) is 5.28. The summed E-state index contributed by atoms with van der Waals surface area (Å²) < 4.78 is 1.98. The summed E-state index contributed by atoms with van der Waals surface area (Å²) in [6.45, 7) is 9.56. The number of piperidine rings is 1. The summed E-state index contributed by atoms with van der Waals surface area (Å²) in [5.74, 6) is 5.68. The lowest BCUT2D eigenvalue weighted by Crippen LogP contribution is -2.56. The van der Waals surface area contributed by atoms with Crippen molar-refractivity contribution in [3.8, 4) is 11.8 Å². The van der Waals surface area contributed by atoms with Gasteiger partial charge >= 0.3 is 6.03 Å². The van der Waals surface area contributed by atoms with E-state index in [4.69, 9.17) is 0 Å². The van der Waals surface area contributed by atoms with Gasteiger partial charge in [0.1, 0.15) is 5.54 Å². The van der Waals surface area contributed by atoms with Crippen LogP contribution in [0.5, 0.6) is 0 Å². The molecule has 0 radical (unpaired) electrons. The van der Waals surface area contributed by atoms with E-state index >= 15 is 0 Å². The molecule has 3 amide bonds. The van der Waals surface area contributed by atoms with E-state index in [0.29, 0.717) is 6.42 Å². The molecule has 0 aliphatic carbocycles. The number of rotatable bonds is 8. The smallest absolute Gasteiger partial charge is 0.323 e. The van der Waals surface area contributed by atoms with Crippen LogP contribution in [0.2, 0.25) is 0 Å². The molecule has 0 spiro atoms. The van der Waals surface area contributed by atoms with E-state index in [-0.39, 0.29) is 24.4 Å². The molecule has 7 nitrogen and oxygen atoms in total. The lowest BCUT2D eigenvalue weighted by molar-refractivity contribution is -0.134. The predicted octanol–water partition coefficient (Wildman–Crippen LogP) is 3.37. The number of benzene rings is 1. The number of carbonyl (C=O) groups excluding carboxylic acids is 2. The third kappa shape index (κ3) is 4.88. The highest BCUT2D eigenvalue weighted by Crippen LogP contribution is 2.37. The van der Waals surface area contributed by atoms with Gasteiger partial charge in [-0.2, -0.15) is 5.10 Å². The molecule has 1 N–H and O–H groups in total. The van der Waals surface area contributed by atoms with Crippen LogP contribution in [0.4, 0.5) is 4.79 Å². The molecule has 0 bridgehead atoms. The van der Waals surface area contributed by atoms with Crippen LogP contribution >= 0.6 is 0 Å². The zero-order valence-corrected chi connectivity index (χ0v) is 20.5. The number of amides is 3. The molecule has 4 rings (SSSR count). The highest BCUT2D eigenvalue weighted by atomic mass is 16.2. The lowest BCUT2D eigenvalue weighted by Gasteiger charge is -2.41. The monoisotopic (exact) mass is 461 g/mol.